The molecule has 3 nitrogen and oxygen atoms in total. The van der Waals surface area contributed by atoms with Crippen molar-refractivity contribution in [3.05, 3.63) is 29.8 Å². The van der Waals surface area contributed by atoms with Crippen LogP contribution in [0, 0.1) is 0 Å². The van der Waals surface area contributed by atoms with Gasteiger partial charge in [0.15, 0.2) is 0 Å². The quantitative estimate of drug-likeness (QED) is 0.886. The van der Waals surface area contributed by atoms with Gasteiger partial charge < -0.3 is 10.2 Å². The maximum absolute atomic E-state index is 12.5. The van der Waals surface area contributed by atoms with Crippen LogP contribution in [0.15, 0.2) is 24.3 Å². The molecule has 1 amide bonds. The van der Waals surface area contributed by atoms with Crippen molar-refractivity contribution in [2.24, 2.45) is 0 Å². The average Bonchev–Trinajstić information content (AvgIpc) is 2.35. The van der Waals surface area contributed by atoms with Gasteiger partial charge in [0.25, 0.3) is 0 Å². The van der Waals surface area contributed by atoms with Gasteiger partial charge in [0, 0.05) is 17.3 Å². The Balaban J connectivity index is 2.17. The number of aryl methyl sites for hydroxylation is 1. The highest BCUT2D eigenvalue weighted by molar-refractivity contribution is 5.96. The zero-order valence-corrected chi connectivity index (χ0v) is 12.4. The summed E-state index contributed by atoms with van der Waals surface area (Å²) in [6.45, 7) is 8.75. The van der Waals surface area contributed by atoms with Crippen LogP contribution in [0.5, 0.6) is 0 Å². The van der Waals surface area contributed by atoms with Crippen LogP contribution in [0.3, 0.4) is 0 Å². The molecule has 1 N–H and O–H groups in total. The number of fused-ring (bicyclic) bond motifs is 1. The second kappa shape index (κ2) is 5.33. The summed E-state index contributed by atoms with van der Waals surface area (Å²) in [6, 6.07) is 8.52. The van der Waals surface area contributed by atoms with Crippen LogP contribution in [-0.4, -0.2) is 24.0 Å². The van der Waals surface area contributed by atoms with E-state index in [1.807, 2.05) is 17.0 Å². The molecule has 1 atom stereocenters. The van der Waals surface area contributed by atoms with Crippen molar-refractivity contribution in [1.29, 1.82) is 0 Å². The van der Waals surface area contributed by atoms with Gasteiger partial charge in [0.1, 0.15) is 0 Å². The predicted molar refractivity (Wildman–Crippen MR) is 79.5 cm³/mol. The number of amides is 1. The number of carbonyl (C=O) groups is 1. The van der Waals surface area contributed by atoms with Gasteiger partial charge in [-0.05, 0) is 52.2 Å². The van der Waals surface area contributed by atoms with E-state index >= 15 is 0 Å². The molecule has 1 aliphatic heterocycles. The normalized spacial score (nSPS) is 19.2. The largest absolute Gasteiger partial charge is 0.308 e. The zero-order valence-electron chi connectivity index (χ0n) is 12.4. The van der Waals surface area contributed by atoms with Crippen LogP contribution in [0.1, 0.15) is 39.7 Å². The maximum atomic E-state index is 12.5. The lowest BCUT2D eigenvalue weighted by molar-refractivity contribution is -0.118. The average molecular weight is 260 g/mol. The van der Waals surface area contributed by atoms with Crippen molar-refractivity contribution < 1.29 is 4.79 Å². The molecule has 0 bridgehead atoms. The lowest BCUT2D eigenvalue weighted by Crippen LogP contribution is -2.49. The number of anilines is 1. The number of rotatable bonds is 2. The van der Waals surface area contributed by atoms with Crippen molar-refractivity contribution >= 4 is 11.6 Å². The number of benzene rings is 1. The fraction of sp³-hybridized carbons (Fsp3) is 0.562. The van der Waals surface area contributed by atoms with Crippen molar-refractivity contribution in [2.75, 3.05) is 11.4 Å². The molecular formula is C16H24N2O. The number of hydrogen-bond acceptors (Lipinski definition) is 2. The fourth-order valence-corrected chi connectivity index (χ4v) is 2.49. The minimum Gasteiger partial charge on any atom is -0.308 e. The molecule has 19 heavy (non-hydrogen) atoms. The smallest absolute Gasteiger partial charge is 0.241 e. The Kier molecular flexibility index (Phi) is 3.95. The first-order valence-electron chi connectivity index (χ1n) is 7.03. The highest BCUT2D eigenvalue weighted by Gasteiger charge is 2.28. The van der Waals surface area contributed by atoms with E-state index in [1.54, 1.807) is 0 Å². The topological polar surface area (TPSA) is 32.3 Å². The first-order valence-corrected chi connectivity index (χ1v) is 7.03. The van der Waals surface area contributed by atoms with Crippen molar-refractivity contribution in [1.82, 2.24) is 5.32 Å². The van der Waals surface area contributed by atoms with Gasteiger partial charge in [-0.3, -0.25) is 4.79 Å². The summed E-state index contributed by atoms with van der Waals surface area (Å²) in [5.41, 5.74) is 2.33. The lowest BCUT2D eigenvalue weighted by Gasteiger charge is -2.36. The number of hydrogen-bond donors (Lipinski definition) is 1. The zero-order chi connectivity index (χ0) is 14.0. The second-order valence-corrected chi connectivity index (χ2v) is 6.38. The summed E-state index contributed by atoms with van der Waals surface area (Å²) in [6.07, 6.45) is 2.10. The molecule has 1 aromatic rings. The summed E-state index contributed by atoms with van der Waals surface area (Å²) in [7, 11) is 0. The SMILES string of the molecule is CC1CCc2ccccc2N1C(=O)CNC(C)(C)C. The third kappa shape index (κ3) is 3.35. The maximum Gasteiger partial charge on any atom is 0.241 e. The van der Waals surface area contributed by atoms with E-state index in [2.05, 4.69) is 45.1 Å². The van der Waals surface area contributed by atoms with Gasteiger partial charge in [0.2, 0.25) is 5.91 Å². The van der Waals surface area contributed by atoms with E-state index in [-0.39, 0.29) is 17.5 Å². The number of para-hydroxylation sites is 1. The van der Waals surface area contributed by atoms with E-state index in [9.17, 15) is 4.79 Å². The van der Waals surface area contributed by atoms with E-state index in [1.165, 1.54) is 5.56 Å². The van der Waals surface area contributed by atoms with Crippen molar-refractivity contribution in [3.63, 3.8) is 0 Å². The Morgan fingerprint density at radius 3 is 2.74 bits per heavy atom. The van der Waals surface area contributed by atoms with Gasteiger partial charge >= 0.3 is 0 Å². The third-order valence-corrected chi connectivity index (χ3v) is 3.56. The van der Waals surface area contributed by atoms with Crippen molar-refractivity contribution in [3.8, 4) is 0 Å². The Morgan fingerprint density at radius 1 is 1.37 bits per heavy atom. The molecule has 1 aromatic carbocycles. The molecule has 0 saturated carbocycles. The van der Waals surface area contributed by atoms with Crippen LogP contribution >= 0.6 is 0 Å². The Bertz CT molecular complexity index is 462. The van der Waals surface area contributed by atoms with Crippen LogP contribution in [0.2, 0.25) is 0 Å². The van der Waals surface area contributed by atoms with Crippen molar-refractivity contribution in [2.45, 2.75) is 52.1 Å². The summed E-state index contributed by atoms with van der Waals surface area (Å²) in [5.74, 6) is 0.162. The molecule has 2 rings (SSSR count). The fourth-order valence-electron chi connectivity index (χ4n) is 2.49. The van der Waals surface area contributed by atoms with Crippen LogP contribution in [-0.2, 0) is 11.2 Å². The van der Waals surface area contributed by atoms with Gasteiger partial charge in [-0.1, -0.05) is 18.2 Å². The van der Waals surface area contributed by atoms with Gasteiger partial charge in [0.05, 0.1) is 6.54 Å². The van der Waals surface area contributed by atoms with Crippen LogP contribution in [0.25, 0.3) is 0 Å². The number of nitrogens with one attached hydrogen (secondary N) is 1. The summed E-state index contributed by atoms with van der Waals surface area (Å²) < 4.78 is 0. The first kappa shape index (κ1) is 14.1. The summed E-state index contributed by atoms with van der Waals surface area (Å²) in [5, 5.41) is 3.28. The molecule has 0 radical (unpaired) electrons. The lowest BCUT2D eigenvalue weighted by atomic mass is 9.96. The molecule has 3 heteroatoms. The van der Waals surface area contributed by atoms with E-state index in [0.717, 1.165) is 18.5 Å². The molecule has 0 aliphatic carbocycles. The molecule has 0 spiro atoms. The van der Waals surface area contributed by atoms with E-state index in [0.29, 0.717) is 6.54 Å². The van der Waals surface area contributed by atoms with Gasteiger partial charge in [-0.25, -0.2) is 0 Å². The standard InChI is InChI=1S/C16H24N2O/c1-12-9-10-13-7-5-6-8-14(13)18(12)15(19)11-17-16(2,3)4/h5-8,12,17H,9-11H2,1-4H3. The van der Waals surface area contributed by atoms with Crippen LogP contribution in [0.4, 0.5) is 5.69 Å². The Morgan fingerprint density at radius 2 is 2.05 bits per heavy atom. The minimum absolute atomic E-state index is 0.0335. The molecule has 0 fully saturated rings. The Labute approximate surface area is 116 Å². The predicted octanol–water partition coefficient (Wildman–Crippen LogP) is 2.74. The molecule has 104 valence electrons. The monoisotopic (exact) mass is 260 g/mol. The van der Waals surface area contributed by atoms with E-state index in [4.69, 9.17) is 0 Å². The molecule has 0 saturated heterocycles. The number of carbonyl (C=O) groups excluding carboxylic acids is 1. The Hall–Kier alpha value is -1.35. The molecule has 1 heterocycles. The molecule has 0 aromatic heterocycles. The highest BCUT2D eigenvalue weighted by Crippen LogP contribution is 2.30. The summed E-state index contributed by atoms with van der Waals surface area (Å²) >= 11 is 0. The number of nitrogens with zero attached hydrogens (tertiary/aromatic N) is 1. The van der Waals surface area contributed by atoms with Crippen LogP contribution < -0.4 is 10.2 Å². The summed E-state index contributed by atoms with van der Waals surface area (Å²) in [4.78, 5) is 14.4. The second-order valence-electron chi connectivity index (χ2n) is 6.38. The minimum atomic E-state index is -0.0335. The first-order chi connectivity index (χ1) is 8.88. The molecule has 1 aliphatic rings. The molecular weight excluding hydrogens is 236 g/mol. The highest BCUT2D eigenvalue weighted by atomic mass is 16.2. The van der Waals surface area contributed by atoms with Gasteiger partial charge in [-0.2, -0.15) is 0 Å². The van der Waals surface area contributed by atoms with Gasteiger partial charge in [-0.15, -0.1) is 0 Å². The molecule has 1 unspecified atom stereocenters. The third-order valence-electron chi connectivity index (χ3n) is 3.56. The van der Waals surface area contributed by atoms with E-state index < -0.39 is 0 Å².